The third-order valence-electron chi connectivity index (χ3n) is 4.16. The van der Waals surface area contributed by atoms with Gasteiger partial charge in [-0.1, -0.05) is 30.3 Å². The third kappa shape index (κ3) is 4.28. The average molecular weight is 387 g/mol. The Hall–Kier alpha value is -3.42. The van der Waals surface area contributed by atoms with E-state index in [0.717, 1.165) is 11.5 Å². The number of nitrogens with one attached hydrogen (secondary N) is 2. The van der Waals surface area contributed by atoms with Crippen LogP contribution in [0.3, 0.4) is 0 Å². The van der Waals surface area contributed by atoms with Crippen LogP contribution in [0, 0.1) is 6.92 Å². The number of hydrogen-bond acceptors (Lipinski definition) is 3. The molecule has 0 atom stereocenters. The van der Waals surface area contributed by atoms with Crippen molar-refractivity contribution in [1.29, 1.82) is 0 Å². The number of fused-ring (bicyclic) bond motifs is 1. The Morgan fingerprint density at radius 1 is 1.04 bits per heavy atom. The summed E-state index contributed by atoms with van der Waals surface area (Å²) in [5, 5.41) is 5.53. The molecule has 1 aromatic heterocycles. The normalized spacial score (nSPS) is 11.3. The molecule has 0 fully saturated rings. The molecule has 0 bridgehead atoms. The van der Waals surface area contributed by atoms with Crippen LogP contribution >= 0.6 is 0 Å². The molecule has 5 nitrogen and oxygen atoms in total. The molecule has 0 aliphatic rings. The number of pyridine rings is 1. The van der Waals surface area contributed by atoms with Crippen molar-refractivity contribution >= 4 is 28.4 Å². The lowest BCUT2D eigenvalue weighted by atomic mass is 10.1. The summed E-state index contributed by atoms with van der Waals surface area (Å²) in [5.41, 5.74) is 0.462. The van der Waals surface area contributed by atoms with Gasteiger partial charge in [0.2, 0.25) is 0 Å². The van der Waals surface area contributed by atoms with Crippen LogP contribution in [0.2, 0.25) is 0 Å². The van der Waals surface area contributed by atoms with Crippen LogP contribution in [0.4, 0.5) is 18.9 Å². The van der Waals surface area contributed by atoms with E-state index < -0.39 is 23.6 Å². The Balaban J connectivity index is 1.68. The van der Waals surface area contributed by atoms with Crippen molar-refractivity contribution in [2.45, 2.75) is 19.6 Å². The van der Waals surface area contributed by atoms with Gasteiger partial charge < -0.3 is 10.6 Å². The van der Waals surface area contributed by atoms with Gasteiger partial charge in [-0.2, -0.15) is 13.2 Å². The third-order valence-corrected chi connectivity index (χ3v) is 4.16. The van der Waals surface area contributed by atoms with Gasteiger partial charge in [0, 0.05) is 23.8 Å². The largest absolute Gasteiger partial charge is 0.416 e. The lowest BCUT2D eigenvalue weighted by molar-refractivity contribution is -0.138. The number of benzene rings is 2. The van der Waals surface area contributed by atoms with Gasteiger partial charge in [0.25, 0.3) is 0 Å². The summed E-state index contributed by atoms with van der Waals surface area (Å²) in [6, 6.07) is 12.4. The topological polar surface area (TPSA) is 71.1 Å². The highest BCUT2D eigenvalue weighted by Gasteiger charge is 2.32. The molecule has 2 N–H and O–H groups in total. The summed E-state index contributed by atoms with van der Waals surface area (Å²) < 4.78 is 38.9. The minimum Gasteiger partial charge on any atom is -0.344 e. The van der Waals surface area contributed by atoms with E-state index in [4.69, 9.17) is 0 Å². The molecule has 28 heavy (non-hydrogen) atoms. The maximum Gasteiger partial charge on any atom is 0.416 e. The van der Waals surface area contributed by atoms with E-state index in [9.17, 15) is 22.8 Å². The van der Waals surface area contributed by atoms with Gasteiger partial charge >= 0.3 is 18.0 Å². The number of anilines is 1. The van der Waals surface area contributed by atoms with Gasteiger partial charge in [-0.05, 0) is 36.2 Å². The van der Waals surface area contributed by atoms with Crippen LogP contribution < -0.4 is 10.6 Å². The minimum atomic E-state index is -4.55. The van der Waals surface area contributed by atoms with Gasteiger partial charge in [-0.3, -0.25) is 14.6 Å². The summed E-state index contributed by atoms with van der Waals surface area (Å²) in [7, 11) is 0. The summed E-state index contributed by atoms with van der Waals surface area (Å²) >= 11 is 0. The average Bonchev–Trinajstić information content (AvgIpc) is 2.66. The molecule has 0 aliphatic heterocycles. The van der Waals surface area contributed by atoms with E-state index in [0.29, 0.717) is 11.1 Å². The first kappa shape index (κ1) is 19.3. The van der Waals surface area contributed by atoms with E-state index in [1.807, 2.05) is 12.1 Å². The molecule has 3 aromatic rings. The zero-order valence-corrected chi connectivity index (χ0v) is 14.8. The Kier molecular flexibility index (Phi) is 5.30. The molecular formula is C20H16F3N3O2. The Labute approximate surface area is 158 Å². The number of aryl methyl sites for hydroxylation is 1. The van der Waals surface area contributed by atoms with Crippen molar-refractivity contribution < 1.29 is 22.8 Å². The number of carbonyl (C=O) groups is 2. The fourth-order valence-electron chi connectivity index (χ4n) is 2.76. The second-order valence-corrected chi connectivity index (χ2v) is 6.16. The van der Waals surface area contributed by atoms with Gasteiger partial charge in [0.05, 0.1) is 11.1 Å². The highest BCUT2D eigenvalue weighted by molar-refractivity contribution is 6.39. The molecule has 144 valence electrons. The fraction of sp³-hybridized carbons (Fsp3) is 0.150. The number of nitrogens with zero attached hydrogens (tertiary/aromatic N) is 1. The molecular weight excluding hydrogens is 371 g/mol. The number of rotatable bonds is 3. The zero-order chi connectivity index (χ0) is 20.3. The van der Waals surface area contributed by atoms with Gasteiger partial charge in [0.1, 0.15) is 0 Å². The maximum absolute atomic E-state index is 13.0. The Bertz CT molecular complexity index is 1040. The highest BCUT2D eigenvalue weighted by atomic mass is 19.4. The van der Waals surface area contributed by atoms with E-state index in [-0.39, 0.29) is 17.8 Å². The van der Waals surface area contributed by atoms with Crippen LogP contribution in [0.1, 0.15) is 16.7 Å². The predicted molar refractivity (Wildman–Crippen MR) is 98.4 cm³/mol. The Morgan fingerprint density at radius 2 is 1.79 bits per heavy atom. The van der Waals surface area contributed by atoms with Crippen LogP contribution in [0.5, 0.6) is 0 Å². The molecule has 0 saturated carbocycles. The first-order valence-corrected chi connectivity index (χ1v) is 8.35. The number of alkyl halides is 3. The molecule has 0 unspecified atom stereocenters. The number of hydrogen-bond donors (Lipinski definition) is 2. The standard InChI is InChI=1S/C20H16F3N3O2/c1-12-7-8-15(10-16(12)20(21,22)23)26-19(28)18(27)25-11-14-5-2-4-13-6-3-9-24-17(13)14/h2-10H,11H2,1H3,(H,25,27)(H,26,28). The smallest absolute Gasteiger partial charge is 0.344 e. The van der Waals surface area contributed by atoms with Crippen molar-refractivity contribution in [1.82, 2.24) is 10.3 Å². The summed E-state index contributed by atoms with van der Waals surface area (Å²) in [6.45, 7) is 1.38. The van der Waals surface area contributed by atoms with Crippen molar-refractivity contribution in [3.63, 3.8) is 0 Å². The van der Waals surface area contributed by atoms with Crippen molar-refractivity contribution in [2.24, 2.45) is 0 Å². The van der Waals surface area contributed by atoms with E-state index in [1.165, 1.54) is 19.1 Å². The number of amides is 2. The minimum absolute atomic E-state index is 0.0263. The summed E-state index contributed by atoms with van der Waals surface area (Å²) in [6.07, 6.45) is -2.93. The first-order valence-electron chi connectivity index (χ1n) is 8.35. The second kappa shape index (κ2) is 7.67. The van der Waals surface area contributed by atoms with E-state index in [2.05, 4.69) is 15.6 Å². The van der Waals surface area contributed by atoms with Crippen LogP contribution in [-0.2, 0) is 22.3 Å². The quantitative estimate of drug-likeness (QED) is 0.672. The molecule has 0 saturated heterocycles. The SMILES string of the molecule is Cc1ccc(NC(=O)C(=O)NCc2cccc3cccnc23)cc1C(F)(F)F. The molecule has 0 radical (unpaired) electrons. The lowest BCUT2D eigenvalue weighted by Gasteiger charge is -2.13. The Morgan fingerprint density at radius 3 is 2.54 bits per heavy atom. The molecule has 0 aliphatic carbocycles. The summed E-state index contributed by atoms with van der Waals surface area (Å²) in [4.78, 5) is 28.3. The zero-order valence-electron chi connectivity index (χ0n) is 14.8. The first-order chi connectivity index (χ1) is 13.3. The molecule has 3 rings (SSSR count). The monoisotopic (exact) mass is 387 g/mol. The number of para-hydroxylation sites is 1. The number of aromatic nitrogens is 1. The van der Waals surface area contributed by atoms with Crippen LogP contribution in [0.15, 0.2) is 54.7 Å². The molecule has 8 heteroatoms. The molecule has 1 heterocycles. The van der Waals surface area contributed by atoms with Gasteiger partial charge in [0.15, 0.2) is 0 Å². The lowest BCUT2D eigenvalue weighted by Crippen LogP contribution is -2.35. The van der Waals surface area contributed by atoms with Gasteiger partial charge in [-0.15, -0.1) is 0 Å². The van der Waals surface area contributed by atoms with E-state index >= 15 is 0 Å². The van der Waals surface area contributed by atoms with Crippen molar-refractivity contribution in [3.8, 4) is 0 Å². The van der Waals surface area contributed by atoms with Crippen LogP contribution in [-0.4, -0.2) is 16.8 Å². The van der Waals surface area contributed by atoms with Crippen molar-refractivity contribution in [3.05, 3.63) is 71.4 Å². The van der Waals surface area contributed by atoms with Crippen LogP contribution in [0.25, 0.3) is 10.9 Å². The molecule has 2 amide bonds. The highest BCUT2D eigenvalue weighted by Crippen LogP contribution is 2.33. The number of halogens is 3. The predicted octanol–water partition coefficient (Wildman–Crippen LogP) is 3.82. The van der Waals surface area contributed by atoms with E-state index in [1.54, 1.807) is 24.4 Å². The second-order valence-electron chi connectivity index (χ2n) is 6.16. The van der Waals surface area contributed by atoms with Crippen molar-refractivity contribution in [2.75, 3.05) is 5.32 Å². The maximum atomic E-state index is 13.0. The number of carbonyl (C=O) groups excluding carboxylic acids is 2. The van der Waals surface area contributed by atoms with Gasteiger partial charge in [-0.25, -0.2) is 0 Å². The fourth-order valence-corrected chi connectivity index (χ4v) is 2.76. The molecule has 0 spiro atoms. The molecule has 2 aromatic carbocycles. The summed E-state index contributed by atoms with van der Waals surface area (Å²) in [5.74, 6) is -2.01.